The van der Waals surface area contributed by atoms with Crippen LogP contribution in [0.25, 0.3) is 17.0 Å². The van der Waals surface area contributed by atoms with Crippen LogP contribution < -0.4 is 10.2 Å². The molecule has 0 unspecified atom stereocenters. The van der Waals surface area contributed by atoms with E-state index in [1.807, 2.05) is 18.2 Å². The topological polar surface area (TPSA) is 45.2 Å². The Labute approximate surface area is 184 Å². The largest absolute Gasteiger partial charge is 0.416 e. The molecule has 0 spiro atoms. The summed E-state index contributed by atoms with van der Waals surface area (Å²) >= 11 is 0. The number of pyridine rings is 1. The molecule has 0 atom stereocenters. The maximum Gasteiger partial charge on any atom is 0.416 e. The van der Waals surface area contributed by atoms with Crippen LogP contribution in [0.1, 0.15) is 36.5 Å². The molecule has 1 fully saturated rings. The molecule has 3 aromatic rings. The van der Waals surface area contributed by atoms with E-state index in [1.165, 1.54) is 42.7 Å². The van der Waals surface area contributed by atoms with Crippen LogP contribution >= 0.6 is 0 Å². The second-order valence-corrected chi connectivity index (χ2v) is 7.86. The smallest absolute Gasteiger partial charge is 0.357 e. The highest BCUT2D eigenvalue weighted by atomic mass is 19.4. The maximum atomic E-state index is 12.7. The van der Waals surface area contributed by atoms with Gasteiger partial charge in [0.15, 0.2) is 0 Å². The second-order valence-electron chi connectivity index (χ2n) is 7.86. The Kier molecular flexibility index (Phi) is 6.17. The third-order valence-corrected chi connectivity index (χ3v) is 5.62. The van der Waals surface area contributed by atoms with Crippen LogP contribution in [-0.4, -0.2) is 24.0 Å². The zero-order valence-corrected chi connectivity index (χ0v) is 17.7. The van der Waals surface area contributed by atoms with Gasteiger partial charge in [-0.05, 0) is 72.9 Å². The van der Waals surface area contributed by atoms with Gasteiger partial charge in [0.05, 0.1) is 11.1 Å². The van der Waals surface area contributed by atoms with E-state index >= 15 is 0 Å². The molecule has 2 heterocycles. The highest BCUT2D eigenvalue weighted by Crippen LogP contribution is 2.30. The number of carbonyl (C=O) groups is 1. The number of aromatic nitrogens is 1. The summed E-state index contributed by atoms with van der Waals surface area (Å²) in [5, 5.41) is 3.82. The molecule has 4 nitrogen and oxygen atoms in total. The summed E-state index contributed by atoms with van der Waals surface area (Å²) in [6.07, 6.45) is 1.64. The van der Waals surface area contributed by atoms with Crippen LogP contribution in [-0.2, 0) is 17.4 Å². The summed E-state index contributed by atoms with van der Waals surface area (Å²) in [6.45, 7) is 4.16. The third-order valence-electron chi connectivity index (χ3n) is 5.62. The fourth-order valence-electron chi connectivity index (χ4n) is 3.90. The van der Waals surface area contributed by atoms with Crippen molar-refractivity contribution >= 4 is 34.4 Å². The van der Waals surface area contributed by atoms with Gasteiger partial charge in [0, 0.05) is 30.2 Å². The number of amides is 1. The summed E-state index contributed by atoms with van der Waals surface area (Å²) in [6, 6.07) is 12.4. The number of fused-ring (bicyclic) bond motifs is 1. The van der Waals surface area contributed by atoms with Gasteiger partial charge in [0.2, 0.25) is 5.91 Å². The van der Waals surface area contributed by atoms with Crippen LogP contribution in [0.3, 0.4) is 0 Å². The number of halogens is 3. The lowest BCUT2D eigenvalue weighted by molar-refractivity contribution is -0.137. The van der Waals surface area contributed by atoms with Crippen LogP contribution in [0.15, 0.2) is 54.6 Å². The molecule has 1 saturated heterocycles. The lowest BCUT2D eigenvalue weighted by Crippen LogP contribution is -2.19. The van der Waals surface area contributed by atoms with Gasteiger partial charge < -0.3 is 10.2 Å². The lowest BCUT2D eigenvalue weighted by atomic mass is 10.1. The van der Waals surface area contributed by atoms with Crippen molar-refractivity contribution in [3.8, 4) is 0 Å². The van der Waals surface area contributed by atoms with Crippen LogP contribution in [0.4, 0.5) is 24.7 Å². The Morgan fingerprint density at radius 2 is 1.81 bits per heavy atom. The predicted molar refractivity (Wildman–Crippen MR) is 122 cm³/mol. The number of anilines is 2. The van der Waals surface area contributed by atoms with Gasteiger partial charge in [0.1, 0.15) is 5.82 Å². The fraction of sp³-hybridized carbons (Fsp3) is 0.280. The molecule has 1 aromatic heterocycles. The lowest BCUT2D eigenvalue weighted by Gasteiger charge is -2.18. The number of hydrogen-bond acceptors (Lipinski definition) is 3. The highest BCUT2D eigenvalue weighted by Gasteiger charge is 2.29. The van der Waals surface area contributed by atoms with Gasteiger partial charge in [-0.25, -0.2) is 4.98 Å². The van der Waals surface area contributed by atoms with E-state index in [0.717, 1.165) is 48.4 Å². The Morgan fingerprint density at radius 3 is 2.47 bits per heavy atom. The molecule has 0 aliphatic carbocycles. The highest BCUT2D eigenvalue weighted by molar-refractivity contribution is 6.03. The number of rotatable bonds is 5. The molecule has 0 radical (unpaired) electrons. The first-order valence-corrected chi connectivity index (χ1v) is 10.7. The molecule has 7 heteroatoms. The first kappa shape index (κ1) is 21.9. The standard InChI is InChI=1S/C25H24F3N3O/c1-2-18-15-23(31-13-3-4-14-31)30-22-11-10-20(16-21(18)22)29-24(32)12-7-17-5-8-19(9-6-17)25(26,27)28/h5-12,15-16H,2-4,13-14H2,1H3,(H,29,32). The van der Waals surface area contributed by atoms with Crippen molar-refractivity contribution in [1.82, 2.24) is 4.98 Å². The third kappa shape index (κ3) is 4.93. The van der Waals surface area contributed by atoms with Crippen LogP contribution in [0, 0.1) is 0 Å². The van der Waals surface area contributed by atoms with Crippen LogP contribution in [0.2, 0.25) is 0 Å². The number of alkyl halides is 3. The minimum absolute atomic E-state index is 0.357. The van der Waals surface area contributed by atoms with Gasteiger partial charge >= 0.3 is 6.18 Å². The normalized spacial score (nSPS) is 14.4. The van der Waals surface area contributed by atoms with E-state index in [9.17, 15) is 18.0 Å². The second kappa shape index (κ2) is 9.02. The zero-order chi connectivity index (χ0) is 22.7. The zero-order valence-electron chi connectivity index (χ0n) is 17.7. The molecule has 1 N–H and O–H groups in total. The number of benzene rings is 2. The number of carbonyl (C=O) groups excluding carboxylic acids is 1. The van der Waals surface area contributed by atoms with E-state index in [1.54, 1.807) is 0 Å². The average Bonchev–Trinajstić information content (AvgIpc) is 3.32. The van der Waals surface area contributed by atoms with Crippen molar-refractivity contribution in [3.05, 3.63) is 71.3 Å². The molecule has 1 amide bonds. The van der Waals surface area contributed by atoms with E-state index in [2.05, 4.69) is 23.2 Å². The molecule has 0 saturated carbocycles. The van der Waals surface area contributed by atoms with Crippen molar-refractivity contribution in [2.24, 2.45) is 0 Å². The van der Waals surface area contributed by atoms with Crippen molar-refractivity contribution in [3.63, 3.8) is 0 Å². The first-order chi connectivity index (χ1) is 15.3. The number of aryl methyl sites for hydroxylation is 1. The van der Waals surface area contributed by atoms with Crippen molar-refractivity contribution in [2.45, 2.75) is 32.4 Å². The fourth-order valence-corrected chi connectivity index (χ4v) is 3.90. The molecule has 4 rings (SSSR count). The summed E-state index contributed by atoms with van der Waals surface area (Å²) in [5.41, 5.74) is 2.50. The van der Waals surface area contributed by atoms with E-state index in [-0.39, 0.29) is 5.91 Å². The molecular weight excluding hydrogens is 415 g/mol. The average molecular weight is 439 g/mol. The molecule has 0 bridgehead atoms. The van der Waals surface area contributed by atoms with Gasteiger partial charge in [-0.2, -0.15) is 13.2 Å². The van der Waals surface area contributed by atoms with E-state index < -0.39 is 11.7 Å². The van der Waals surface area contributed by atoms with Gasteiger partial charge in [-0.15, -0.1) is 0 Å². The molecule has 1 aliphatic rings. The van der Waals surface area contributed by atoms with Crippen molar-refractivity contribution in [2.75, 3.05) is 23.3 Å². The van der Waals surface area contributed by atoms with E-state index in [4.69, 9.17) is 4.98 Å². The molecule has 2 aromatic carbocycles. The number of hydrogen-bond donors (Lipinski definition) is 1. The van der Waals surface area contributed by atoms with Gasteiger partial charge in [-0.1, -0.05) is 19.1 Å². The maximum absolute atomic E-state index is 12.7. The first-order valence-electron chi connectivity index (χ1n) is 10.7. The Morgan fingerprint density at radius 1 is 1.09 bits per heavy atom. The number of nitrogens with one attached hydrogen (secondary N) is 1. The minimum Gasteiger partial charge on any atom is -0.357 e. The summed E-state index contributed by atoms with van der Waals surface area (Å²) in [4.78, 5) is 19.4. The van der Waals surface area contributed by atoms with Crippen LogP contribution in [0.5, 0.6) is 0 Å². The number of nitrogens with zero attached hydrogens (tertiary/aromatic N) is 2. The molecule has 1 aliphatic heterocycles. The van der Waals surface area contributed by atoms with Gasteiger partial charge in [0.25, 0.3) is 0 Å². The quantitative estimate of drug-likeness (QED) is 0.491. The van der Waals surface area contributed by atoms with Crippen molar-refractivity contribution in [1.29, 1.82) is 0 Å². The van der Waals surface area contributed by atoms with Crippen molar-refractivity contribution < 1.29 is 18.0 Å². The summed E-state index contributed by atoms with van der Waals surface area (Å²) in [7, 11) is 0. The Bertz CT molecular complexity index is 1150. The molecule has 166 valence electrons. The summed E-state index contributed by atoms with van der Waals surface area (Å²) in [5.74, 6) is 0.645. The van der Waals surface area contributed by atoms with E-state index in [0.29, 0.717) is 11.3 Å². The monoisotopic (exact) mass is 439 g/mol. The predicted octanol–water partition coefficient (Wildman–Crippen LogP) is 6.07. The Balaban J connectivity index is 1.49. The minimum atomic E-state index is -4.38. The SMILES string of the molecule is CCc1cc(N2CCCC2)nc2ccc(NC(=O)C=Cc3ccc(C(F)(F)F)cc3)cc12. The summed E-state index contributed by atoms with van der Waals surface area (Å²) < 4.78 is 38.0. The molecule has 32 heavy (non-hydrogen) atoms. The van der Waals surface area contributed by atoms with Gasteiger partial charge in [-0.3, -0.25) is 4.79 Å². The molecular formula is C25H24F3N3O. The Hall–Kier alpha value is -3.35.